The number of aryl methyl sites for hydroxylation is 1. The lowest BCUT2D eigenvalue weighted by Crippen LogP contribution is -1.96. The summed E-state index contributed by atoms with van der Waals surface area (Å²) in [5.74, 6) is 0. The van der Waals surface area contributed by atoms with E-state index < -0.39 is 0 Å². The standard InChI is InChI=1S/C15H21N3O/c1-2-3-4-5-14-12-18(17-16-14)15-8-6-13(7-9-15)10-11-19/h6-9,12,19H,2-5,10-11H2,1H3. The van der Waals surface area contributed by atoms with E-state index in [2.05, 4.69) is 17.2 Å². The predicted molar refractivity (Wildman–Crippen MR) is 75.4 cm³/mol. The molecule has 2 rings (SSSR count). The SMILES string of the molecule is CCCCCc1cn(-c2ccc(CCO)cc2)nn1. The molecule has 4 nitrogen and oxygen atoms in total. The van der Waals surface area contributed by atoms with E-state index in [0.717, 1.165) is 23.4 Å². The number of aliphatic hydroxyl groups is 1. The molecule has 0 aliphatic rings. The van der Waals surface area contributed by atoms with Crippen molar-refractivity contribution < 1.29 is 5.11 Å². The summed E-state index contributed by atoms with van der Waals surface area (Å²) in [5.41, 5.74) is 3.19. The Bertz CT molecular complexity index is 490. The molecule has 0 aliphatic heterocycles. The summed E-state index contributed by atoms with van der Waals surface area (Å²) in [6.07, 6.45) is 7.32. The van der Waals surface area contributed by atoms with E-state index in [1.165, 1.54) is 19.3 Å². The van der Waals surface area contributed by atoms with Gasteiger partial charge in [0.15, 0.2) is 0 Å². The van der Waals surface area contributed by atoms with Gasteiger partial charge in [0, 0.05) is 6.61 Å². The molecule has 1 heterocycles. The highest BCUT2D eigenvalue weighted by molar-refractivity contribution is 5.33. The molecule has 0 unspecified atom stereocenters. The minimum absolute atomic E-state index is 0.185. The normalized spacial score (nSPS) is 10.8. The van der Waals surface area contributed by atoms with E-state index in [0.29, 0.717) is 6.42 Å². The Balaban J connectivity index is 2.01. The van der Waals surface area contributed by atoms with Gasteiger partial charge in [-0.1, -0.05) is 37.1 Å². The molecule has 0 fully saturated rings. The van der Waals surface area contributed by atoms with Crippen molar-refractivity contribution >= 4 is 0 Å². The number of aliphatic hydroxyl groups excluding tert-OH is 1. The van der Waals surface area contributed by atoms with Gasteiger partial charge in [-0.15, -0.1) is 5.10 Å². The fourth-order valence-corrected chi connectivity index (χ4v) is 2.04. The summed E-state index contributed by atoms with van der Waals surface area (Å²) in [7, 11) is 0. The second-order valence-corrected chi connectivity index (χ2v) is 4.75. The van der Waals surface area contributed by atoms with Crippen LogP contribution in [0.5, 0.6) is 0 Å². The van der Waals surface area contributed by atoms with Crippen molar-refractivity contribution in [3.63, 3.8) is 0 Å². The highest BCUT2D eigenvalue weighted by Crippen LogP contribution is 2.11. The second kappa shape index (κ2) is 7.04. The van der Waals surface area contributed by atoms with E-state index >= 15 is 0 Å². The topological polar surface area (TPSA) is 50.9 Å². The molecule has 0 saturated carbocycles. The Kier molecular flexibility index (Phi) is 5.10. The number of benzene rings is 1. The first-order valence-corrected chi connectivity index (χ1v) is 6.95. The van der Waals surface area contributed by atoms with Crippen LogP contribution in [0.1, 0.15) is 37.4 Å². The minimum atomic E-state index is 0.185. The van der Waals surface area contributed by atoms with Crippen LogP contribution < -0.4 is 0 Å². The predicted octanol–water partition coefficient (Wildman–Crippen LogP) is 2.53. The molecule has 1 N–H and O–H groups in total. The molecule has 2 aromatic rings. The van der Waals surface area contributed by atoms with Crippen LogP contribution >= 0.6 is 0 Å². The number of nitrogens with zero attached hydrogens (tertiary/aromatic N) is 3. The van der Waals surface area contributed by atoms with Crippen molar-refractivity contribution in [3.8, 4) is 5.69 Å². The molecule has 0 radical (unpaired) electrons. The lowest BCUT2D eigenvalue weighted by Gasteiger charge is -2.02. The van der Waals surface area contributed by atoms with Gasteiger partial charge >= 0.3 is 0 Å². The van der Waals surface area contributed by atoms with Gasteiger partial charge < -0.3 is 5.11 Å². The van der Waals surface area contributed by atoms with Gasteiger partial charge in [0.1, 0.15) is 0 Å². The number of unbranched alkanes of at least 4 members (excludes halogenated alkanes) is 2. The molecule has 0 bridgehead atoms. The molecule has 0 saturated heterocycles. The molecular weight excluding hydrogens is 238 g/mol. The molecule has 1 aromatic carbocycles. The Morgan fingerprint density at radius 2 is 1.89 bits per heavy atom. The quantitative estimate of drug-likeness (QED) is 0.777. The van der Waals surface area contributed by atoms with E-state index in [1.807, 2.05) is 35.1 Å². The van der Waals surface area contributed by atoms with Crippen LogP contribution in [-0.2, 0) is 12.8 Å². The van der Waals surface area contributed by atoms with Gasteiger partial charge in [0.2, 0.25) is 0 Å². The zero-order valence-electron chi connectivity index (χ0n) is 11.4. The van der Waals surface area contributed by atoms with Crippen molar-refractivity contribution in [2.45, 2.75) is 39.0 Å². The molecule has 4 heteroatoms. The zero-order valence-corrected chi connectivity index (χ0v) is 11.4. The number of hydrogen-bond acceptors (Lipinski definition) is 3. The highest BCUT2D eigenvalue weighted by Gasteiger charge is 2.02. The smallest absolute Gasteiger partial charge is 0.0831 e. The molecule has 0 amide bonds. The Morgan fingerprint density at radius 1 is 1.11 bits per heavy atom. The molecular formula is C15H21N3O. The molecule has 102 valence electrons. The third-order valence-corrected chi connectivity index (χ3v) is 3.18. The van der Waals surface area contributed by atoms with E-state index in [-0.39, 0.29) is 6.61 Å². The molecule has 1 aromatic heterocycles. The van der Waals surface area contributed by atoms with E-state index in [1.54, 1.807) is 0 Å². The number of hydrogen-bond donors (Lipinski definition) is 1. The lowest BCUT2D eigenvalue weighted by molar-refractivity contribution is 0.299. The summed E-state index contributed by atoms with van der Waals surface area (Å²) in [5, 5.41) is 17.2. The van der Waals surface area contributed by atoms with Crippen LogP contribution in [0, 0.1) is 0 Å². The van der Waals surface area contributed by atoms with Gasteiger partial charge in [-0.25, -0.2) is 4.68 Å². The van der Waals surface area contributed by atoms with Crippen LogP contribution in [0.25, 0.3) is 5.69 Å². The number of aromatic nitrogens is 3. The van der Waals surface area contributed by atoms with Crippen LogP contribution in [0.15, 0.2) is 30.5 Å². The average molecular weight is 259 g/mol. The maximum atomic E-state index is 8.88. The fourth-order valence-electron chi connectivity index (χ4n) is 2.04. The van der Waals surface area contributed by atoms with Crippen molar-refractivity contribution in [2.75, 3.05) is 6.61 Å². The van der Waals surface area contributed by atoms with Crippen molar-refractivity contribution in [1.82, 2.24) is 15.0 Å². The Morgan fingerprint density at radius 3 is 2.58 bits per heavy atom. The zero-order chi connectivity index (χ0) is 13.5. The first-order valence-electron chi connectivity index (χ1n) is 6.95. The monoisotopic (exact) mass is 259 g/mol. The second-order valence-electron chi connectivity index (χ2n) is 4.75. The third kappa shape index (κ3) is 3.89. The van der Waals surface area contributed by atoms with Gasteiger partial charge in [0.05, 0.1) is 17.6 Å². The Hall–Kier alpha value is -1.68. The lowest BCUT2D eigenvalue weighted by atomic mass is 10.1. The van der Waals surface area contributed by atoms with Gasteiger partial charge in [-0.05, 0) is 37.0 Å². The van der Waals surface area contributed by atoms with Gasteiger partial charge in [-0.2, -0.15) is 0 Å². The van der Waals surface area contributed by atoms with Crippen molar-refractivity contribution in [3.05, 3.63) is 41.7 Å². The van der Waals surface area contributed by atoms with Gasteiger partial charge in [0.25, 0.3) is 0 Å². The first-order chi connectivity index (χ1) is 9.33. The first kappa shape index (κ1) is 13.7. The van der Waals surface area contributed by atoms with E-state index in [4.69, 9.17) is 5.11 Å². The molecule has 0 aliphatic carbocycles. The van der Waals surface area contributed by atoms with Crippen LogP contribution in [0.3, 0.4) is 0 Å². The summed E-state index contributed by atoms with van der Waals surface area (Å²) in [6.45, 7) is 2.38. The summed E-state index contributed by atoms with van der Waals surface area (Å²) < 4.78 is 1.81. The average Bonchev–Trinajstić information content (AvgIpc) is 2.89. The largest absolute Gasteiger partial charge is 0.396 e. The van der Waals surface area contributed by atoms with Crippen LogP contribution in [0.2, 0.25) is 0 Å². The minimum Gasteiger partial charge on any atom is -0.396 e. The summed E-state index contributed by atoms with van der Waals surface area (Å²) in [4.78, 5) is 0. The maximum Gasteiger partial charge on any atom is 0.0831 e. The number of rotatable bonds is 7. The summed E-state index contributed by atoms with van der Waals surface area (Å²) >= 11 is 0. The van der Waals surface area contributed by atoms with Crippen LogP contribution in [-0.4, -0.2) is 26.7 Å². The molecule has 19 heavy (non-hydrogen) atoms. The third-order valence-electron chi connectivity index (χ3n) is 3.18. The van der Waals surface area contributed by atoms with Crippen LogP contribution in [0.4, 0.5) is 0 Å². The fraction of sp³-hybridized carbons (Fsp3) is 0.467. The van der Waals surface area contributed by atoms with E-state index in [9.17, 15) is 0 Å². The molecule has 0 spiro atoms. The van der Waals surface area contributed by atoms with Crippen molar-refractivity contribution in [2.24, 2.45) is 0 Å². The van der Waals surface area contributed by atoms with Gasteiger partial charge in [-0.3, -0.25) is 0 Å². The van der Waals surface area contributed by atoms with Crippen molar-refractivity contribution in [1.29, 1.82) is 0 Å². The highest BCUT2D eigenvalue weighted by atomic mass is 16.2. The molecule has 0 atom stereocenters. The Labute approximate surface area is 114 Å². The maximum absolute atomic E-state index is 8.88. The summed E-state index contributed by atoms with van der Waals surface area (Å²) in [6, 6.07) is 8.05.